The molecule has 6 nitrogen and oxygen atoms in total. The number of piperazine rings is 1. The number of anilines is 2. The van der Waals surface area contributed by atoms with E-state index in [1.165, 1.54) is 11.1 Å². The zero-order chi connectivity index (χ0) is 15.4. The minimum atomic E-state index is 0.711. The summed E-state index contributed by atoms with van der Waals surface area (Å²) in [5.74, 6) is 1.48. The Kier molecular flexibility index (Phi) is 4.48. The summed E-state index contributed by atoms with van der Waals surface area (Å²) < 4.78 is 0. The molecule has 6 heteroatoms. The van der Waals surface area contributed by atoms with E-state index >= 15 is 0 Å². The average molecular weight is 298 g/mol. The van der Waals surface area contributed by atoms with Gasteiger partial charge in [-0.3, -0.25) is 0 Å². The van der Waals surface area contributed by atoms with Crippen molar-refractivity contribution >= 4 is 11.8 Å². The molecule has 0 saturated carbocycles. The van der Waals surface area contributed by atoms with Crippen molar-refractivity contribution in [2.45, 2.75) is 13.5 Å². The Morgan fingerprint density at radius 1 is 1.14 bits per heavy atom. The van der Waals surface area contributed by atoms with Crippen LogP contribution in [0.25, 0.3) is 0 Å². The van der Waals surface area contributed by atoms with E-state index in [-0.39, 0.29) is 0 Å². The van der Waals surface area contributed by atoms with E-state index < -0.39 is 0 Å². The van der Waals surface area contributed by atoms with Crippen LogP contribution in [0.1, 0.15) is 11.1 Å². The van der Waals surface area contributed by atoms with Gasteiger partial charge in [-0.2, -0.15) is 10.1 Å². The molecule has 2 aromatic rings. The molecule has 22 heavy (non-hydrogen) atoms. The summed E-state index contributed by atoms with van der Waals surface area (Å²) >= 11 is 0. The van der Waals surface area contributed by atoms with E-state index in [9.17, 15) is 0 Å². The number of likely N-dealkylation sites (N-methyl/N-ethyl adjacent to an activating group) is 1. The predicted octanol–water partition coefficient (Wildman–Crippen LogP) is 1.54. The fourth-order valence-corrected chi connectivity index (χ4v) is 2.51. The maximum absolute atomic E-state index is 4.59. The smallest absolute Gasteiger partial charge is 0.247 e. The van der Waals surface area contributed by atoms with Gasteiger partial charge in [-0.15, -0.1) is 5.10 Å². The third-order valence-electron chi connectivity index (χ3n) is 4.05. The Hall–Kier alpha value is -2.21. The van der Waals surface area contributed by atoms with Gasteiger partial charge in [0.15, 0.2) is 5.82 Å². The fourth-order valence-electron chi connectivity index (χ4n) is 2.51. The number of aromatic nitrogens is 3. The van der Waals surface area contributed by atoms with Crippen molar-refractivity contribution in [3.8, 4) is 0 Å². The summed E-state index contributed by atoms with van der Waals surface area (Å²) in [6, 6.07) is 8.34. The van der Waals surface area contributed by atoms with E-state index in [4.69, 9.17) is 0 Å². The normalized spacial score (nSPS) is 15.8. The van der Waals surface area contributed by atoms with Gasteiger partial charge in [0.05, 0.1) is 6.20 Å². The van der Waals surface area contributed by atoms with Crippen molar-refractivity contribution < 1.29 is 0 Å². The first-order chi connectivity index (χ1) is 10.7. The minimum Gasteiger partial charge on any atom is -0.365 e. The lowest BCUT2D eigenvalue weighted by molar-refractivity contribution is 0.311. The summed E-state index contributed by atoms with van der Waals surface area (Å²) in [5, 5.41) is 11.6. The second-order valence-electron chi connectivity index (χ2n) is 5.71. The highest BCUT2D eigenvalue weighted by Crippen LogP contribution is 2.13. The molecular weight excluding hydrogens is 276 g/mol. The molecule has 0 bridgehead atoms. The van der Waals surface area contributed by atoms with Crippen LogP contribution in [-0.4, -0.2) is 53.3 Å². The van der Waals surface area contributed by atoms with Crippen LogP contribution in [0, 0.1) is 6.92 Å². The largest absolute Gasteiger partial charge is 0.365 e. The standard InChI is InChI=1S/C16H22N6/c1-13-5-3-4-6-14(13)11-17-15-12-18-20-16(19-15)22-9-7-21(2)8-10-22/h3-6,12H,7-11H2,1-2H3,(H,17,19,20). The zero-order valence-corrected chi connectivity index (χ0v) is 13.2. The number of hydrogen-bond acceptors (Lipinski definition) is 6. The van der Waals surface area contributed by atoms with Gasteiger partial charge in [-0.1, -0.05) is 24.3 Å². The fraction of sp³-hybridized carbons (Fsp3) is 0.438. The molecule has 1 aromatic heterocycles. The maximum atomic E-state index is 4.59. The minimum absolute atomic E-state index is 0.711. The van der Waals surface area contributed by atoms with Crippen molar-refractivity contribution in [1.29, 1.82) is 0 Å². The number of nitrogens with one attached hydrogen (secondary N) is 1. The highest BCUT2D eigenvalue weighted by molar-refractivity contribution is 5.40. The van der Waals surface area contributed by atoms with E-state index in [1.54, 1.807) is 6.20 Å². The van der Waals surface area contributed by atoms with Crippen LogP contribution < -0.4 is 10.2 Å². The van der Waals surface area contributed by atoms with Gasteiger partial charge in [-0.25, -0.2) is 0 Å². The predicted molar refractivity (Wildman–Crippen MR) is 88.0 cm³/mol. The molecule has 0 spiro atoms. The first-order valence-corrected chi connectivity index (χ1v) is 7.64. The maximum Gasteiger partial charge on any atom is 0.247 e. The zero-order valence-electron chi connectivity index (χ0n) is 13.2. The number of benzene rings is 1. The Morgan fingerprint density at radius 3 is 2.68 bits per heavy atom. The van der Waals surface area contributed by atoms with Gasteiger partial charge in [0.2, 0.25) is 5.95 Å². The Bertz CT molecular complexity index is 622. The van der Waals surface area contributed by atoms with Crippen LogP contribution in [0.4, 0.5) is 11.8 Å². The van der Waals surface area contributed by atoms with Crippen molar-refractivity contribution in [2.75, 3.05) is 43.4 Å². The molecule has 2 heterocycles. The van der Waals surface area contributed by atoms with Gasteiger partial charge >= 0.3 is 0 Å². The first-order valence-electron chi connectivity index (χ1n) is 7.64. The lowest BCUT2D eigenvalue weighted by atomic mass is 10.1. The Labute approximate surface area is 131 Å². The molecule has 1 N–H and O–H groups in total. The van der Waals surface area contributed by atoms with Crippen LogP contribution in [0.2, 0.25) is 0 Å². The number of aryl methyl sites for hydroxylation is 1. The average Bonchev–Trinajstić information content (AvgIpc) is 2.55. The van der Waals surface area contributed by atoms with Crippen LogP contribution >= 0.6 is 0 Å². The molecule has 1 aliphatic heterocycles. The molecule has 1 fully saturated rings. The number of hydrogen-bond donors (Lipinski definition) is 1. The summed E-state index contributed by atoms with van der Waals surface area (Å²) in [6.07, 6.45) is 1.68. The third-order valence-corrected chi connectivity index (χ3v) is 4.05. The van der Waals surface area contributed by atoms with Crippen LogP contribution in [-0.2, 0) is 6.54 Å². The summed E-state index contributed by atoms with van der Waals surface area (Å²) in [7, 11) is 2.14. The second kappa shape index (κ2) is 6.70. The Balaban J connectivity index is 1.65. The van der Waals surface area contributed by atoms with Crippen molar-refractivity contribution in [3.05, 3.63) is 41.6 Å². The van der Waals surface area contributed by atoms with E-state index in [2.05, 4.69) is 68.5 Å². The monoisotopic (exact) mass is 298 g/mol. The van der Waals surface area contributed by atoms with Gasteiger partial charge in [-0.05, 0) is 25.1 Å². The lowest BCUT2D eigenvalue weighted by Crippen LogP contribution is -2.45. The SMILES string of the molecule is Cc1ccccc1CNc1cnnc(N2CCN(C)CC2)n1. The lowest BCUT2D eigenvalue weighted by Gasteiger charge is -2.32. The Morgan fingerprint density at radius 2 is 1.91 bits per heavy atom. The van der Waals surface area contributed by atoms with Crippen LogP contribution in [0.5, 0.6) is 0 Å². The molecule has 1 aliphatic rings. The van der Waals surface area contributed by atoms with E-state index in [1.807, 2.05) is 0 Å². The molecule has 116 valence electrons. The van der Waals surface area contributed by atoms with Crippen LogP contribution in [0.15, 0.2) is 30.5 Å². The number of nitrogens with zero attached hydrogens (tertiary/aromatic N) is 5. The van der Waals surface area contributed by atoms with E-state index in [0.717, 1.165) is 38.5 Å². The molecule has 1 aromatic carbocycles. The summed E-state index contributed by atoms with van der Waals surface area (Å²) in [6.45, 7) is 6.81. The molecular formula is C16H22N6. The van der Waals surface area contributed by atoms with Gasteiger partial charge in [0, 0.05) is 32.7 Å². The highest BCUT2D eigenvalue weighted by Gasteiger charge is 2.17. The molecule has 1 saturated heterocycles. The quantitative estimate of drug-likeness (QED) is 0.924. The van der Waals surface area contributed by atoms with Crippen molar-refractivity contribution in [2.24, 2.45) is 0 Å². The first kappa shape index (κ1) is 14.7. The topological polar surface area (TPSA) is 57.2 Å². The van der Waals surface area contributed by atoms with Crippen molar-refractivity contribution in [3.63, 3.8) is 0 Å². The summed E-state index contributed by atoms with van der Waals surface area (Å²) in [4.78, 5) is 9.09. The summed E-state index contributed by atoms with van der Waals surface area (Å²) in [5.41, 5.74) is 2.54. The van der Waals surface area contributed by atoms with Gasteiger partial charge in [0.1, 0.15) is 0 Å². The molecule has 0 radical (unpaired) electrons. The second-order valence-corrected chi connectivity index (χ2v) is 5.71. The van der Waals surface area contributed by atoms with Gasteiger partial charge in [0.25, 0.3) is 0 Å². The molecule has 0 unspecified atom stereocenters. The van der Waals surface area contributed by atoms with Crippen LogP contribution in [0.3, 0.4) is 0 Å². The number of rotatable bonds is 4. The molecule has 0 amide bonds. The van der Waals surface area contributed by atoms with E-state index in [0.29, 0.717) is 5.95 Å². The molecule has 0 atom stereocenters. The highest BCUT2D eigenvalue weighted by atomic mass is 15.4. The third kappa shape index (κ3) is 3.51. The van der Waals surface area contributed by atoms with Crippen molar-refractivity contribution in [1.82, 2.24) is 20.1 Å². The molecule has 3 rings (SSSR count). The van der Waals surface area contributed by atoms with Gasteiger partial charge < -0.3 is 15.1 Å². The molecule has 0 aliphatic carbocycles.